The van der Waals surface area contributed by atoms with E-state index in [1.54, 1.807) is 4.90 Å². The number of fused-ring (bicyclic) bond motifs is 2. The van der Waals surface area contributed by atoms with E-state index in [0.29, 0.717) is 24.5 Å². The standard InChI is InChI=1S/C28H38N4O3/c1-28(2)20-32(19-24(33)18-31-15-12-21-8-4-5-9-22(21)16-31)27(34)25-11-10-23(29-26(25)35-28)17-30-13-6-3-7-14-30/h4-5,8-11,24,33H,3,6-7,12-20H2,1-2H3/t24-/m1/s1. The third-order valence-electron chi connectivity index (χ3n) is 7.32. The van der Waals surface area contributed by atoms with Crippen LogP contribution in [0.5, 0.6) is 5.88 Å². The monoisotopic (exact) mass is 478 g/mol. The van der Waals surface area contributed by atoms with Gasteiger partial charge >= 0.3 is 0 Å². The molecule has 7 heteroatoms. The zero-order valence-electron chi connectivity index (χ0n) is 21.1. The van der Waals surface area contributed by atoms with Gasteiger partial charge in [0, 0.05) is 32.7 Å². The summed E-state index contributed by atoms with van der Waals surface area (Å²) in [6, 6.07) is 12.3. The normalized spacial score (nSPS) is 21.6. The van der Waals surface area contributed by atoms with Crippen molar-refractivity contribution in [3.8, 4) is 5.88 Å². The molecule has 1 aromatic carbocycles. The topological polar surface area (TPSA) is 69.1 Å². The summed E-state index contributed by atoms with van der Waals surface area (Å²) in [6.45, 7) is 9.92. The minimum Gasteiger partial charge on any atom is -0.469 e. The van der Waals surface area contributed by atoms with E-state index in [1.165, 1.54) is 30.4 Å². The Labute approximate surface area is 208 Å². The van der Waals surface area contributed by atoms with Crippen molar-refractivity contribution in [2.45, 2.75) is 64.3 Å². The van der Waals surface area contributed by atoms with E-state index in [4.69, 9.17) is 9.72 Å². The van der Waals surface area contributed by atoms with Crippen molar-refractivity contribution in [2.75, 3.05) is 39.3 Å². The molecule has 1 fully saturated rings. The number of aliphatic hydroxyl groups is 1. The maximum absolute atomic E-state index is 13.5. The average molecular weight is 479 g/mol. The lowest BCUT2D eigenvalue weighted by atomic mass is 9.99. The Bertz CT molecular complexity index is 1050. The highest BCUT2D eigenvalue weighted by molar-refractivity contribution is 5.96. The van der Waals surface area contributed by atoms with Crippen LogP contribution in [0.1, 0.15) is 60.3 Å². The van der Waals surface area contributed by atoms with Crippen molar-refractivity contribution in [3.05, 3.63) is 58.8 Å². The molecule has 0 unspecified atom stereocenters. The third-order valence-corrected chi connectivity index (χ3v) is 7.32. The first-order chi connectivity index (χ1) is 16.9. The molecule has 1 amide bonds. The van der Waals surface area contributed by atoms with Crippen LogP contribution in [0.2, 0.25) is 0 Å². The van der Waals surface area contributed by atoms with E-state index < -0.39 is 11.7 Å². The van der Waals surface area contributed by atoms with Gasteiger partial charge in [-0.25, -0.2) is 4.98 Å². The molecule has 1 atom stereocenters. The molecule has 1 N–H and O–H groups in total. The van der Waals surface area contributed by atoms with E-state index >= 15 is 0 Å². The second-order valence-corrected chi connectivity index (χ2v) is 10.9. The fourth-order valence-corrected chi connectivity index (χ4v) is 5.62. The van der Waals surface area contributed by atoms with Gasteiger partial charge < -0.3 is 14.7 Å². The lowest BCUT2D eigenvalue weighted by molar-refractivity contribution is 0.0277. The Hall–Kier alpha value is -2.48. The number of β-amino-alcohol motifs (C(OH)–C–C–N with tert-alkyl or cyclic N) is 1. The van der Waals surface area contributed by atoms with Crippen LogP contribution in [0.3, 0.4) is 0 Å². The molecule has 7 nitrogen and oxygen atoms in total. The van der Waals surface area contributed by atoms with Crippen LogP contribution >= 0.6 is 0 Å². The highest BCUT2D eigenvalue weighted by Crippen LogP contribution is 2.29. The number of hydrogen-bond acceptors (Lipinski definition) is 6. The van der Waals surface area contributed by atoms with Gasteiger partial charge in [0.1, 0.15) is 11.2 Å². The summed E-state index contributed by atoms with van der Waals surface area (Å²) in [6.07, 6.45) is 4.12. The van der Waals surface area contributed by atoms with Gasteiger partial charge in [-0.15, -0.1) is 0 Å². The number of nitrogens with zero attached hydrogens (tertiary/aromatic N) is 4. The van der Waals surface area contributed by atoms with Gasteiger partial charge in [0.15, 0.2) is 0 Å². The molecule has 4 heterocycles. The molecule has 0 saturated carbocycles. The molecule has 5 rings (SSSR count). The van der Waals surface area contributed by atoms with Crippen molar-refractivity contribution in [2.24, 2.45) is 0 Å². The van der Waals surface area contributed by atoms with Gasteiger partial charge in [-0.05, 0) is 69.5 Å². The predicted molar refractivity (Wildman–Crippen MR) is 135 cm³/mol. The molecule has 35 heavy (non-hydrogen) atoms. The Balaban J connectivity index is 1.26. The Morgan fingerprint density at radius 1 is 1.00 bits per heavy atom. The van der Waals surface area contributed by atoms with Gasteiger partial charge in [0.2, 0.25) is 5.88 Å². The van der Waals surface area contributed by atoms with Crippen molar-refractivity contribution in [1.29, 1.82) is 0 Å². The number of likely N-dealkylation sites (tertiary alicyclic amines) is 1. The van der Waals surface area contributed by atoms with E-state index in [-0.39, 0.29) is 12.5 Å². The number of piperidine rings is 1. The van der Waals surface area contributed by atoms with E-state index in [9.17, 15) is 9.90 Å². The third kappa shape index (κ3) is 5.85. The summed E-state index contributed by atoms with van der Waals surface area (Å²) in [4.78, 5) is 24.7. The van der Waals surface area contributed by atoms with Crippen molar-refractivity contribution in [3.63, 3.8) is 0 Å². The molecule has 0 radical (unpaired) electrons. The number of carbonyl (C=O) groups excluding carboxylic acids is 1. The van der Waals surface area contributed by atoms with Gasteiger partial charge in [0.25, 0.3) is 5.91 Å². The number of amides is 1. The van der Waals surface area contributed by atoms with Gasteiger partial charge in [-0.1, -0.05) is 30.7 Å². The first-order valence-corrected chi connectivity index (χ1v) is 13.0. The maximum atomic E-state index is 13.5. The lowest BCUT2D eigenvalue weighted by Gasteiger charge is -2.33. The summed E-state index contributed by atoms with van der Waals surface area (Å²) >= 11 is 0. The molecular weight excluding hydrogens is 440 g/mol. The van der Waals surface area contributed by atoms with Crippen molar-refractivity contribution < 1.29 is 14.6 Å². The number of ether oxygens (including phenoxy) is 1. The molecule has 0 spiro atoms. The minimum atomic E-state index is -0.632. The maximum Gasteiger partial charge on any atom is 0.259 e. The summed E-state index contributed by atoms with van der Waals surface area (Å²) in [5, 5.41) is 11.0. The number of aliphatic hydroxyl groups excluding tert-OH is 1. The molecule has 188 valence electrons. The average Bonchev–Trinajstić information content (AvgIpc) is 2.92. The van der Waals surface area contributed by atoms with E-state index in [0.717, 1.165) is 44.8 Å². The zero-order valence-corrected chi connectivity index (χ0v) is 21.1. The number of benzene rings is 1. The van der Waals surface area contributed by atoms with E-state index in [1.807, 2.05) is 26.0 Å². The summed E-state index contributed by atoms with van der Waals surface area (Å²) in [7, 11) is 0. The quantitative estimate of drug-likeness (QED) is 0.688. The molecular formula is C28H38N4O3. The predicted octanol–water partition coefficient (Wildman–Crippen LogP) is 3.10. The Morgan fingerprint density at radius 2 is 1.77 bits per heavy atom. The van der Waals surface area contributed by atoms with Crippen molar-refractivity contribution in [1.82, 2.24) is 19.7 Å². The van der Waals surface area contributed by atoms with E-state index in [2.05, 4.69) is 34.1 Å². The van der Waals surface area contributed by atoms with Crippen LogP contribution in [0.15, 0.2) is 36.4 Å². The molecule has 0 bridgehead atoms. The fraction of sp³-hybridized carbons (Fsp3) is 0.571. The molecule has 1 saturated heterocycles. The number of pyridine rings is 1. The second kappa shape index (κ2) is 10.2. The summed E-state index contributed by atoms with van der Waals surface area (Å²) in [5.74, 6) is 0.296. The first-order valence-electron chi connectivity index (χ1n) is 13.0. The van der Waals surface area contributed by atoms with Crippen LogP contribution in [0.4, 0.5) is 0 Å². The van der Waals surface area contributed by atoms with Crippen LogP contribution in [0.25, 0.3) is 0 Å². The number of carbonyl (C=O) groups is 1. The molecule has 2 aromatic rings. The summed E-state index contributed by atoms with van der Waals surface area (Å²) < 4.78 is 6.26. The second-order valence-electron chi connectivity index (χ2n) is 10.9. The molecule has 0 aliphatic carbocycles. The minimum absolute atomic E-state index is 0.120. The Kier molecular flexibility index (Phi) is 7.09. The van der Waals surface area contributed by atoms with Gasteiger partial charge in [-0.3, -0.25) is 14.6 Å². The van der Waals surface area contributed by atoms with Crippen molar-refractivity contribution >= 4 is 5.91 Å². The van der Waals surface area contributed by atoms with Gasteiger partial charge in [0.05, 0.1) is 18.3 Å². The number of aromatic nitrogens is 1. The number of rotatable bonds is 6. The number of hydrogen-bond donors (Lipinski definition) is 1. The smallest absolute Gasteiger partial charge is 0.259 e. The van der Waals surface area contributed by atoms with Crippen LogP contribution in [-0.4, -0.2) is 81.7 Å². The van der Waals surface area contributed by atoms with Gasteiger partial charge in [-0.2, -0.15) is 0 Å². The van der Waals surface area contributed by atoms with Crippen LogP contribution < -0.4 is 4.74 Å². The molecule has 3 aliphatic heterocycles. The zero-order chi connectivity index (χ0) is 24.4. The van der Waals surface area contributed by atoms with Crippen LogP contribution in [0, 0.1) is 0 Å². The summed E-state index contributed by atoms with van der Waals surface area (Å²) in [5.41, 5.74) is 3.54. The first kappa shape index (κ1) is 24.2. The highest BCUT2D eigenvalue weighted by Gasteiger charge is 2.36. The SMILES string of the molecule is CC1(C)CN(C[C@H](O)CN2CCc3ccccc3C2)C(=O)c2ccc(CN3CCCCC3)nc2O1. The fourth-order valence-electron chi connectivity index (χ4n) is 5.62. The largest absolute Gasteiger partial charge is 0.469 e. The molecule has 1 aromatic heterocycles. The van der Waals surface area contributed by atoms with Crippen LogP contribution in [-0.2, 0) is 19.5 Å². The highest BCUT2D eigenvalue weighted by atomic mass is 16.5. The Morgan fingerprint density at radius 3 is 2.57 bits per heavy atom. The lowest BCUT2D eigenvalue weighted by Crippen LogP contribution is -2.48. The molecule has 3 aliphatic rings.